The van der Waals surface area contributed by atoms with E-state index < -0.39 is 6.04 Å². The fourth-order valence-corrected chi connectivity index (χ4v) is 5.16. The highest BCUT2D eigenvalue weighted by atomic mass is 35.5. The van der Waals surface area contributed by atoms with Crippen LogP contribution in [0.1, 0.15) is 29.1 Å². The fraction of sp³-hybridized carbons (Fsp3) is 0.308. The third-order valence-electron chi connectivity index (χ3n) is 5.99. The molecule has 2 heterocycles. The molecule has 36 heavy (non-hydrogen) atoms. The predicted octanol–water partition coefficient (Wildman–Crippen LogP) is 4.05. The number of nitrogens with zero attached hydrogens (tertiary/aromatic N) is 5. The van der Waals surface area contributed by atoms with Crippen LogP contribution in [0, 0.1) is 0 Å². The van der Waals surface area contributed by atoms with Crippen LogP contribution in [0.5, 0.6) is 0 Å². The normalized spacial score (nSPS) is 14.4. The summed E-state index contributed by atoms with van der Waals surface area (Å²) in [7, 11) is 0. The lowest BCUT2D eigenvalue weighted by atomic mass is 10.2. The molecule has 0 radical (unpaired) electrons. The van der Waals surface area contributed by atoms with Crippen molar-refractivity contribution in [2.45, 2.75) is 24.7 Å². The van der Waals surface area contributed by atoms with Crippen molar-refractivity contribution >= 4 is 40.9 Å². The van der Waals surface area contributed by atoms with Gasteiger partial charge in [0.2, 0.25) is 5.91 Å². The average Bonchev–Trinajstić information content (AvgIpc) is 3.31. The van der Waals surface area contributed by atoms with E-state index in [0.29, 0.717) is 41.2 Å². The zero-order valence-electron chi connectivity index (χ0n) is 20.1. The Morgan fingerprint density at radius 1 is 1.08 bits per heavy atom. The van der Waals surface area contributed by atoms with Crippen LogP contribution in [-0.2, 0) is 11.3 Å². The maximum Gasteiger partial charge on any atom is 0.253 e. The maximum atomic E-state index is 12.9. The quantitative estimate of drug-likeness (QED) is 0.336. The van der Waals surface area contributed by atoms with Gasteiger partial charge in [0.15, 0.2) is 11.0 Å². The Morgan fingerprint density at radius 2 is 1.78 bits per heavy atom. The zero-order chi connectivity index (χ0) is 25.5. The van der Waals surface area contributed by atoms with E-state index in [4.69, 9.17) is 11.6 Å². The molecule has 1 atom stereocenters. The number of carbonyl (C=O) groups is 2. The van der Waals surface area contributed by atoms with E-state index in [-0.39, 0.29) is 17.6 Å². The fourth-order valence-electron chi connectivity index (χ4n) is 4.08. The highest BCUT2D eigenvalue weighted by Gasteiger charge is 2.24. The highest BCUT2D eigenvalue weighted by Crippen LogP contribution is 2.23. The summed E-state index contributed by atoms with van der Waals surface area (Å²) in [5, 5.41) is 12.5. The van der Waals surface area contributed by atoms with Crippen LogP contribution in [0.15, 0.2) is 72.4 Å². The van der Waals surface area contributed by atoms with Gasteiger partial charge < -0.3 is 19.7 Å². The first-order valence-electron chi connectivity index (χ1n) is 11.8. The lowest BCUT2D eigenvalue weighted by molar-refractivity contribution is -0.128. The SMILES string of the molecule is C=CCn1c(SCC(=O)N2CCN(c3ccccc3)CC2)nnc1[C@H](C)NC(=O)c1ccccc1Cl. The van der Waals surface area contributed by atoms with Gasteiger partial charge in [-0.3, -0.25) is 9.59 Å². The molecule has 1 aliphatic heterocycles. The summed E-state index contributed by atoms with van der Waals surface area (Å²) in [6.07, 6.45) is 1.74. The number of thioether (sulfide) groups is 1. The predicted molar refractivity (Wildman–Crippen MR) is 144 cm³/mol. The second-order valence-corrected chi connectivity index (χ2v) is 9.76. The van der Waals surface area contributed by atoms with E-state index in [1.54, 1.807) is 30.3 Å². The number of allylic oxidation sites excluding steroid dienone is 1. The third kappa shape index (κ3) is 6.09. The number of benzene rings is 2. The number of hydrogen-bond donors (Lipinski definition) is 1. The summed E-state index contributed by atoms with van der Waals surface area (Å²) in [4.78, 5) is 29.8. The monoisotopic (exact) mass is 524 g/mol. The molecule has 10 heteroatoms. The summed E-state index contributed by atoms with van der Waals surface area (Å²) < 4.78 is 1.87. The molecule has 4 rings (SSSR count). The van der Waals surface area contributed by atoms with E-state index in [9.17, 15) is 9.59 Å². The van der Waals surface area contributed by atoms with E-state index in [1.807, 2.05) is 34.6 Å². The molecule has 0 saturated carbocycles. The molecule has 8 nitrogen and oxygen atoms in total. The standard InChI is InChI=1S/C26H29ClN6O2S/c1-3-13-33-24(19(2)28-25(35)21-11-7-8-12-22(21)27)29-30-26(33)36-18-23(34)32-16-14-31(15-17-32)20-9-5-4-6-10-20/h3-12,19H,1,13-18H2,2H3,(H,28,35)/t19-/m0/s1. The molecule has 2 aromatic carbocycles. The number of rotatable bonds is 9. The molecular formula is C26H29ClN6O2S. The van der Waals surface area contributed by atoms with Crippen molar-refractivity contribution in [3.05, 3.63) is 83.7 Å². The van der Waals surface area contributed by atoms with Crippen molar-refractivity contribution in [2.24, 2.45) is 0 Å². The van der Waals surface area contributed by atoms with Crippen LogP contribution < -0.4 is 10.2 Å². The van der Waals surface area contributed by atoms with Crippen LogP contribution >= 0.6 is 23.4 Å². The lowest BCUT2D eigenvalue weighted by Crippen LogP contribution is -2.49. The molecule has 1 fully saturated rings. The van der Waals surface area contributed by atoms with Gasteiger partial charge in [-0.1, -0.05) is 59.8 Å². The number of nitrogens with one attached hydrogen (secondary N) is 1. The zero-order valence-corrected chi connectivity index (χ0v) is 21.7. The van der Waals surface area contributed by atoms with Crippen LogP contribution in [0.2, 0.25) is 5.02 Å². The van der Waals surface area contributed by atoms with Crippen LogP contribution in [0.25, 0.3) is 0 Å². The Balaban J connectivity index is 1.35. The van der Waals surface area contributed by atoms with Crippen LogP contribution in [0.4, 0.5) is 5.69 Å². The van der Waals surface area contributed by atoms with Gasteiger partial charge in [-0.2, -0.15) is 0 Å². The minimum Gasteiger partial charge on any atom is -0.368 e. The number of piperazine rings is 1. The first-order valence-corrected chi connectivity index (χ1v) is 13.1. The molecular weight excluding hydrogens is 496 g/mol. The Bertz CT molecular complexity index is 1210. The number of para-hydroxylation sites is 1. The second-order valence-electron chi connectivity index (χ2n) is 8.41. The summed E-state index contributed by atoms with van der Waals surface area (Å²) in [6.45, 7) is 9.10. The lowest BCUT2D eigenvalue weighted by Gasteiger charge is -2.36. The molecule has 0 unspecified atom stereocenters. The number of carbonyl (C=O) groups excluding carboxylic acids is 2. The number of anilines is 1. The molecule has 1 saturated heterocycles. The van der Waals surface area contributed by atoms with E-state index in [0.717, 1.165) is 13.1 Å². The highest BCUT2D eigenvalue weighted by molar-refractivity contribution is 7.99. The Kier molecular flexibility index (Phi) is 8.66. The van der Waals surface area contributed by atoms with Crippen molar-refractivity contribution in [1.82, 2.24) is 25.0 Å². The number of halogens is 1. The third-order valence-corrected chi connectivity index (χ3v) is 7.27. The van der Waals surface area contributed by atoms with E-state index in [2.05, 4.69) is 39.1 Å². The van der Waals surface area contributed by atoms with Gasteiger partial charge in [0.05, 0.1) is 22.4 Å². The average molecular weight is 525 g/mol. The summed E-state index contributed by atoms with van der Waals surface area (Å²) >= 11 is 7.50. The van der Waals surface area contributed by atoms with E-state index in [1.165, 1.54) is 17.4 Å². The van der Waals surface area contributed by atoms with E-state index >= 15 is 0 Å². The topological polar surface area (TPSA) is 83.4 Å². The Labute approximate surface area is 220 Å². The number of aromatic nitrogens is 3. The summed E-state index contributed by atoms with van der Waals surface area (Å²) in [5.41, 5.74) is 1.58. The number of hydrogen-bond acceptors (Lipinski definition) is 6. The molecule has 1 aliphatic rings. The van der Waals surface area contributed by atoms with Crippen LogP contribution in [0.3, 0.4) is 0 Å². The van der Waals surface area contributed by atoms with Crippen molar-refractivity contribution in [3.8, 4) is 0 Å². The van der Waals surface area contributed by atoms with Gasteiger partial charge in [-0.25, -0.2) is 0 Å². The minimum absolute atomic E-state index is 0.0717. The molecule has 188 valence electrons. The van der Waals surface area contributed by atoms with Crippen molar-refractivity contribution in [1.29, 1.82) is 0 Å². The second kappa shape index (κ2) is 12.1. The first kappa shape index (κ1) is 25.8. The number of amides is 2. The molecule has 3 aromatic rings. The Hall–Kier alpha value is -3.30. The largest absolute Gasteiger partial charge is 0.368 e. The molecule has 0 aliphatic carbocycles. The smallest absolute Gasteiger partial charge is 0.253 e. The molecule has 2 amide bonds. The summed E-state index contributed by atoms with van der Waals surface area (Å²) in [6, 6.07) is 16.7. The molecule has 0 bridgehead atoms. The van der Waals surface area contributed by atoms with Gasteiger partial charge in [0.1, 0.15) is 0 Å². The first-order chi connectivity index (χ1) is 17.5. The van der Waals surface area contributed by atoms with Gasteiger partial charge >= 0.3 is 0 Å². The molecule has 1 N–H and O–H groups in total. The maximum absolute atomic E-state index is 12.9. The van der Waals surface area contributed by atoms with Gasteiger partial charge in [0.25, 0.3) is 5.91 Å². The van der Waals surface area contributed by atoms with Gasteiger partial charge in [-0.15, -0.1) is 16.8 Å². The van der Waals surface area contributed by atoms with Crippen molar-refractivity contribution in [3.63, 3.8) is 0 Å². The van der Waals surface area contributed by atoms with Crippen LogP contribution in [-0.4, -0.2) is 63.4 Å². The van der Waals surface area contributed by atoms with Gasteiger partial charge in [-0.05, 0) is 31.2 Å². The molecule has 1 aromatic heterocycles. The van der Waals surface area contributed by atoms with Crippen molar-refractivity contribution < 1.29 is 9.59 Å². The summed E-state index contributed by atoms with van der Waals surface area (Å²) in [5.74, 6) is 0.630. The Morgan fingerprint density at radius 3 is 2.47 bits per heavy atom. The molecule has 0 spiro atoms. The van der Waals surface area contributed by atoms with Crippen molar-refractivity contribution in [2.75, 3.05) is 36.8 Å². The van der Waals surface area contributed by atoms with Gasteiger partial charge in [0, 0.05) is 38.4 Å². The minimum atomic E-state index is -0.419.